The molecule has 3 rings (SSSR count). The van der Waals surface area contributed by atoms with E-state index in [9.17, 15) is 10.2 Å². The maximum atomic E-state index is 11.2. The molecule has 48 heavy (non-hydrogen) atoms. The van der Waals surface area contributed by atoms with E-state index in [4.69, 9.17) is 29.8 Å². The first-order valence-corrected chi connectivity index (χ1v) is 16.8. The Labute approximate surface area is 300 Å². The molecular formula is C39H60CrN2O6. The molecule has 0 aromatic heterocycles. The predicted octanol–water partition coefficient (Wildman–Crippen LogP) is 9.57. The molecule has 2 aromatic carbocycles. The fourth-order valence-electron chi connectivity index (χ4n) is 5.53. The van der Waals surface area contributed by atoms with Crippen LogP contribution in [0.4, 0.5) is 0 Å². The Kier molecular flexibility index (Phi) is 19.0. The van der Waals surface area contributed by atoms with Crippen molar-refractivity contribution in [3.05, 3.63) is 57.6 Å². The van der Waals surface area contributed by atoms with E-state index in [-0.39, 0.29) is 54.1 Å². The number of phenols is 2. The van der Waals surface area contributed by atoms with Crippen LogP contribution in [0.15, 0.2) is 34.3 Å². The van der Waals surface area contributed by atoms with Gasteiger partial charge in [0.15, 0.2) is 0 Å². The zero-order valence-corrected chi connectivity index (χ0v) is 31.0. The van der Waals surface area contributed by atoms with Crippen molar-refractivity contribution >= 4 is 24.4 Å². The van der Waals surface area contributed by atoms with Gasteiger partial charge < -0.3 is 20.4 Å². The van der Waals surface area contributed by atoms with Gasteiger partial charge in [-0.1, -0.05) is 108 Å². The number of carboxylic acid groups (broad SMARTS) is 2. The third-order valence-corrected chi connectivity index (χ3v) is 8.85. The van der Waals surface area contributed by atoms with E-state index in [0.717, 1.165) is 41.5 Å². The Morgan fingerprint density at radius 2 is 1.19 bits per heavy atom. The summed E-state index contributed by atoms with van der Waals surface area (Å²) in [6.45, 7) is 19.8. The Bertz CT molecular complexity index is 1380. The van der Waals surface area contributed by atoms with Gasteiger partial charge in [-0.3, -0.25) is 9.98 Å². The van der Waals surface area contributed by atoms with E-state index >= 15 is 0 Å². The Morgan fingerprint density at radius 3 is 1.56 bits per heavy atom. The number of nitrogens with zero attached hydrogens (tertiary/aromatic N) is 2. The maximum Gasteiger partial charge on any atom is 0.414 e. The third-order valence-electron chi connectivity index (χ3n) is 8.85. The van der Waals surface area contributed by atoms with Crippen molar-refractivity contribution < 1.29 is 47.4 Å². The first kappa shape index (κ1) is 44.9. The second-order valence-electron chi connectivity index (χ2n) is 13.8. The zero-order chi connectivity index (χ0) is 34.8. The molecule has 2 aromatic rings. The molecule has 1 aliphatic carbocycles. The molecule has 268 valence electrons. The van der Waals surface area contributed by atoms with Crippen molar-refractivity contribution in [2.75, 3.05) is 0 Å². The van der Waals surface area contributed by atoms with Crippen LogP contribution in [0.5, 0.6) is 11.5 Å². The minimum Gasteiger partial charge on any atom is -0.507 e. The van der Waals surface area contributed by atoms with Crippen LogP contribution in [0, 0.1) is 0 Å². The number of unbranched alkanes of at least 4 members (excludes halogenated alkanes) is 2. The predicted molar refractivity (Wildman–Crippen MR) is 194 cm³/mol. The third kappa shape index (κ3) is 12.7. The monoisotopic (exact) mass is 704 g/mol. The summed E-state index contributed by atoms with van der Waals surface area (Å²) in [5.41, 5.74) is 6.22. The largest absolute Gasteiger partial charge is 0.507 e. The summed E-state index contributed by atoms with van der Waals surface area (Å²) in [7, 11) is 0. The molecule has 0 saturated heterocycles. The van der Waals surface area contributed by atoms with Crippen LogP contribution >= 0.6 is 0 Å². The van der Waals surface area contributed by atoms with Crippen LogP contribution in [0.2, 0.25) is 0 Å². The number of carbonyl (C=O) groups is 2. The number of phenolic OH excluding ortho intramolecular Hbond substituents is 2. The number of carboxylic acids is 2. The van der Waals surface area contributed by atoms with Crippen LogP contribution < -0.4 is 0 Å². The molecule has 0 spiro atoms. The van der Waals surface area contributed by atoms with Crippen molar-refractivity contribution in [1.82, 2.24) is 0 Å². The standard InChI is InChI=1S/C36H54N2O2.C2H2O4.CH4.Cr/c1-10-12-14-36(9,15-13-11-2)29-17-28(35(40)31(19-29)25(7)8)22-38-33-20-32(33)37-21-27-16-26(23(3)4)18-30(24(5)6)34(27)39;3-1(4)2(5)6;;/h16-19,21-25,32-33,39-40H,10-15,20H2,1-9H3;(H,3,4)(H,5,6);1H4;. The summed E-state index contributed by atoms with van der Waals surface area (Å²) in [5, 5.41) is 36.8. The van der Waals surface area contributed by atoms with Crippen molar-refractivity contribution in [1.29, 1.82) is 0 Å². The first-order chi connectivity index (χ1) is 21.6. The zero-order valence-electron chi connectivity index (χ0n) is 29.7. The molecule has 0 aliphatic heterocycles. The van der Waals surface area contributed by atoms with E-state index < -0.39 is 11.9 Å². The van der Waals surface area contributed by atoms with Gasteiger partial charge in [-0.2, -0.15) is 0 Å². The summed E-state index contributed by atoms with van der Waals surface area (Å²) in [4.78, 5) is 27.9. The second kappa shape index (κ2) is 20.4. The SMILES string of the molecule is C.CCCCC(C)(CCCC)c1cc(C=NC2CC2N=Cc2cc(C(C)C)cc(C(C)C)c2O)c(O)c(C(C)C)c1.O=C(O)C(=O)O.[Cr]. The number of benzene rings is 2. The van der Waals surface area contributed by atoms with Gasteiger partial charge in [-0.15, -0.1) is 0 Å². The molecule has 8 nitrogen and oxygen atoms in total. The van der Waals surface area contributed by atoms with E-state index in [1.54, 1.807) is 0 Å². The van der Waals surface area contributed by atoms with Gasteiger partial charge in [0.2, 0.25) is 0 Å². The normalized spacial score (nSPS) is 15.8. The van der Waals surface area contributed by atoms with Gasteiger partial charge in [0.05, 0.1) is 12.1 Å². The van der Waals surface area contributed by atoms with Crippen LogP contribution in [-0.4, -0.2) is 56.9 Å². The van der Waals surface area contributed by atoms with Crippen molar-refractivity contribution in [2.45, 2.75) is 150 Å². The molecule has 0 radical (unpaired) electrons. The summed E-state index contributed by atoms with van der Waals surface area (Å²) >= 11 is 0. The smallest absolute Gasteiger partial charge is 0.414 e. The number of hydrogen-bond donors (Lipinski definition) is 4. The van der Waals surface area contributed by atoms with E-state index in [2.05, 4.69) is 86.6 Å². The quantitative estimate of drug-likeness (QED) is 0.114. The number of aromatic hydroxyl groups is 2. The molecule has 4 N–H and O–H groups in total. The molecule has 1 saturated carbocycles. The van der Waals surface area contributed by atoms with Gasteiger partial charge >= 0.3 is 11.9 Å². The first-order valence-electron chi connectivity index (χ1n) is 16.8. The fraction of sp³-hybridized carbons (Fsp3) is 0.590. The Balaban J connectivity index is 0.00000252. The fourth-order valence-corrected chi connectivity index (χ4v) is 5.53. The van der Waals surface area contributed by atoms with Gasteiger partial charge in [-0.25, -0.2) is 9.59 Å². The van der Waals surface area contributed by atoms with Gasteiger partial charge in [0.1, 0.15) is 11.5 Å². The Morgan fingerprint density at radius 1 is 0.771 bits per heavy atom. The van der Waals surface area contributed by atoms with Crippen LogP contribution in [0.25, 0.3) is 0 Å². The Hall–Kier alpha value is -3.15. The maximum absolute atomic E-state index is 11.2. The molecule has 0 amide bonds. The van der Waals surface area contributed by atoms with Crippen LogP contribution in [0.1, 0.15) is 166 Å². The van der Waals surface area contributed by atoms with E-state index in [0.29, 0.717) is 17.4 Å². The van der Waals surface area contributed by atoms with Crippen molar-refractivity contribution in [2.24, 2.45) is 9.98 Å². The number of aliphatic imine (C=N–C) groups is 2. The summed E-state index contributed by atoms with van der Waals surface area (Å²) < 4.78 is 0. The molecule has 1 fully saturated rings. The van der Waals surface area contributed by atoms with Crippen molar-refractivity contribution in [3.63, 3.8) is 0 Å². The van der Waals surface area contributed by atoms with Gasteiger partial charge in [-0.05, 0) is 76.8 Å². The second-order valence-corrected chi connectivity index (χ2v) is 13.8. The minimum atomic E-state index is -1.82. The summed E-state index contributed by atoms with van der Waals surface area (Å²) in [6, 6.07) is 8.81. The molecule has 1 aliphatic rings. The van der Waals surface area contributed by atoms with E-state index in [1.807, 2.05) is 12.4 Å². The number of aliphatic carboxylic acids is 2. The van der Waals surface area contributed by atoms with Crippen molar-refractivity contribution in [3.8, 4) is 11.5 Å². The topological polar surface area (TPSA) is 140 Å². The molecular weight excluding hydrogens is 644 g/mol. The van der Waals surface area contributed by atoms with Crippen LogP contribution in [0.3, 0.4) is 0 Å². The van der Waals surface area contributed by atoms with E-state index in [1.165, 1.54) is 36.8 Å². The average molecular weight is 705 g/mol. The average Bonchev–Trinajstić information content (AvgIpc) is 3.75. The number of rotatable bonds is 14. The molecule has 0 heterocycles. The summed E-state index contributed by atoms with van der Waals surface area (Å²) in [5.74, 6) is -2.10. The molecule has 9 heteroatoms. The summed E-state index contributed by atoms with van der Waals surface area (Å²) in [6.07, 6.45) is 11.7. The number of hydrogen-bond acceptors (Lipinski definition) is 6. The molecule has 2 atom stereocenters. The molecule has 2 unspecified atom stereocenters. The minimum absolute atomic E-state index is 0. The molecule has 0 bridgehead atoms. The van der Waals surface area contributed by atoms with Crippen LogP contribution in [-0.2, 0) is 32.4 Å². The van der Waals surface area contributed by atoms with Gasteiger partial charge in [0.25, 0.3) is 0 Å². The van der Waals surface area contributed by atoms with Gasteiger partial charge in [0, 0.05) is 40.9 Å².